The summed E-state index contributed by atoms with van der Waals surface area (Å²) in [5.74, 6) is 0. The van der Waals surface area contributed by atoms with Gasteiger partial charge in [-0.15, -0.1) is 0 Å². The number of aryl methyl sites for hydroxylation is 2. The van der Waals surface area contributed by atoms with Crippen LogP contribution in [-0.4, -0.2) is 16.7 Å². The summed E-state index contributed by atoms with van der Waals surface area (Å²) in [7, 11) is 0. The fourth-order valence-corrected chi connectivity index (χ4v) is 1.98. The smallest absolute Gasteiger partial charge is 0.0626 e. The molecule has 0 amide bonds. The van der Waals surface area contributed by atoms with E-state index in [0.717, 1.165) is 25.2 Å². The van der Waals surface area contributed by atoms with E-state index in [-0.39, 0.29) is 0 Å². The first kappa shape index (κ1) is 11.9. The number of aromatic amines is 1. The maximum absolute atomic E-state index is 4.20. The highest BCUT2D eigenvalue weighted by Gasteiger charge is 2.04. The van der Waals surface area contributed by atoms with Crippen molar-refractivity contribution in [2.45, 2.75) is 26.8 Å². The first-order valence-electron chi connectivity index (χ1n) is 6.02. The van der Waals surface area contributed by atoms with Crippen LogP contribution < -0.4 is 5.32 Å². The number of aromatic nitrogens is 2. The molecule has 1 heterocycles. The molecule has 2 aromatic rings. The van der Waals surface area contributed by atoms with Gasteiger partial charge in [-0.05, 0) is 37.9 Å². The Hall–Kier alpha value is -1.61. The SMILES string of the molecule is Cc1n[nH]c(C)c1CCNCc1ccccc1. The third kappa shape index (κ3) is 3.17. The molecule has 3 heteroatoms. The minimum Gasteiger partial charge on any atom is -0.312 e. The third-order valence-electron chi connectivity index (χ3n) is 3.00. The van der Waals surface area contributed by atoms with Crippen LogP contribution in [0.2, 0.25) is 0 Å². The largest absolute Gasteiger partial charge is 0.312 e. The first-order chi connectivity index (χ1) is 8.27. The number of nitrogens with one attached hydrogen (secondary N) is 2. The molecule has 3 nitrogen and oxygen atoms in total. The molecule has 0 unspecified atom stereocenters. The van der Waals surface area contributed by atoms with Gasteiger partial charge in [0.2, 0.25) is 0 Å². The lowest BCUT2D eigenvalue weighted by molar-refractivity contribution is 0.684. The zero-order valence-corrected chi connectivity index (χ0v) is 10.5. The fourth-order valence-electron chi connectivity index (χ4n) is 1.98. The van der Waals surface area contributed by atoms with E-state index >= 15 is 0 Å². The molecule has 2 N–H and O–H groups in total. The molecule has 0 atom stereocenters. The molecule has 17 heavy (non-hydrogen) atoms. The van der Waals surface area contributed by atoms with Crippen molar-refractivity contribution in [2.75, 3.05) is 6.54 Å². The van der Waals surface area contributed by atoms with E-state index in [9.17, 15) is 0 Å². The Morgan fingerprint density at radius 2 is 1.94 bits per heavy atom. The average Bonchev–Trinajstić information content (AvgIpc) is 2.67. The number of benzene rings is 1. The summed E-state index contributed by atoms with van der Waals surface area (Å²) in [5.41, 5.74) is 4.96. The summed E-state index contributed by atoms with van der Waals surface area (Å²) in [6.45, 7) is 6.04. The molecular weight excluding hydrogens is 210 g/mol. The quantitative estimate of drug-likeness (QED) is 0.773. The average molecular weight is 229 g/mol. The maximum atomic E-state index is 4.20. The molecule has 0 bridgehead atoms. The topological polar surface area (TPSA) is 40.7 Å². The Balaban J connectivity index is 1.77. The van der Waals surface area contributed by atoms with Crippen molar-refractivity contribution in [3.8, 4) is 0 Å². The summed E-state index contributed by atoms with van der Waals surface area (Å²) in [5, 5.41) is 10.7. The summed E-state index contributed by atoms with van der Waals surface area (Å²) in [6, 6.07) is 10.5. The number of rotatable bonds is 5. The van der Waals surface area contributed by atoms with Crippen molar-refractivity contribution in [2.24, 2.45) is 0 Å². The maximum Gasteiger partial charge on any atom is 0.0626 e. The molecule has 0 saturated carbocycles. The van der Waals surface area contributed by atoms with Crippen LogP contribution in [0.3, 0.4) is 0 Å². The van der Waals surface area contributed by atoms with Crippen molar-refractivity contribution < 1.29 is 0 Å². The summed E-state index contributed by atoms with van der Waals surface area (Å²) >= 11 is 0. The van der Waals surface area contributed by atoms with Crippen LogP contribution in [0.15, 0.2) is 30.3 Å². The van der Waals surface area contributed by atoms with Gasteiger partial charge in [-0.1, -0.05) is 30.3 Å². The summed E-state index contributed by atoms with van der Waals surface area (Å²) < 4.78 is 0. The highest BCUT2D eigenvalue weighted by atomic mass is 15.1. The van der Waals surface area contributed by atoms with Crippen molar-refractivity contribution in [1.82, 2.24) is 15.5 Å². The number of hydrogen-bond acceptors (Lipinski definition) is 2. The van der Waals surface area contributed by atoms with Gasteiger partial charge in [0.25, 0.3) is 0 Å². The van der Waals surface area contributed by atoms with E-state index in [1.165, 1.54) is 16.8 Å². The van der Waals surface area contributed by atoms with E-state index in [4.69, 9.17) is 0 Å². The molecule has 0 radical (unpaired) electrons. The Labute approximate surface area is 102 Å². The van der Waals surface area contributed by atoms with E-state index in [0.29, 0.717) is 0 Å². The lowest BCUT2D eigenvalue weighted by atomic mass is 10.1. The molecule has 0 fully saturated rings. The third-order valence-corrected chi connectivity index (χ3v) is 3.00. The molecular formula is C14H19N3. The molecule has 90 valence electrons. The Morgan fingerprint density at radius 3 is 2.59 bits per heavy atom. The van der Waals surface area contributed by atoms with E-state index < -0.39 is 0 Å². The lowest BCUT2D eigenvalue weighted by Gasteiger charge is -2.05. The number of H-pyrrole nitrogens is 1. The summed E-state index contributed by atoms with van der Waals surface area (Å²) in [4.78, 5) is 0. The van der Waals surface area contributed by atoms with Crippen molar-refractivity contribution in [3.63, 3.8) is 0 Å². The Kier molecular flexibility index (Phi) is 3.94. The van der Waals surface area contributed by atoms with E-state index in [2.05, 4.69) is 53.6 Å². The van der Waals surface area contributed by atoms with Gasteiger partial charge in [-0.25, -0.2) is 0 Å². The Morgan fingerprint density at radius 1 is 1.18 bits per heavy atom. The van der Waals surface area contributed by atoms with Gasteiger partial charge in [-0.2, -0.15) is 5.10 Å². The highest BCUT2D eigenvalue weighted by molar-refractivity contribution is 5.23. The van der Waals surface area contributed by atoms with Crippen LogP contribution in [0.1, 0.15) is 22.5 Å². The van der Waals surface area contributed by atoms with Crippen LogP contribution in [0.5, 0.6) is 0 Å². The normalized spacial score (nSPS) is 10.7. The highest BCUT2D eigenvalue weighted by Crippen LogP contribution is 2.09. The number of hydrogen-bond donors (Lipinski definition) is 2. The van der Waals surface area contributed by atoms with Crippen LogP contribution in [0.25, 0.3) is 0 Å². The molecule has 0 spiro atoms. The minimum atomic E-state index is 0.927. The van der Waals surface area contributed by atoms with E-state index in [1.54, 1.807) is 0 Å². The molecule has 0 aliphatic carbocycles. The van der Waals surface area contributed by atoms with Gasteiger partial charge in [0.05, 0.1) is 5.69 Å². The first-order valence-corrected chi connectivity index (χ1v) is 6.02. The van der Waals surface area contributed by atoms with E-state index in [1.807, 2.05) is 6.07 Å². The predicted molar refractivity (Wildman–Crippen MR) is 69.9 cm³/mol. The van der Waals surface area contributed by atoms with Gasteiger partial charge in [0.1, 0.15) is 0 Å². The van der Waals surface area contributed by atoms with Gasteiger partial charge in [-0.3, -0.25) is 5.10 Å². The van der Waals surface area contributed by atoms with Crippen molar-refractivity contribution in [3.05, 3.63) is 52.8 Å². The van der Waals surface area contributed by atoms with Gasteiger partial charge >= 0.3 is 0 Å². The Bertz CT molecular complexity index is 440. The summed E-state index contributed by atoms with van der Waals surface area (Å²) in [6.07, 6.45) is 1.03. The number of nitrogens with zero attached hydrogens (tertiary/aromatic N) is 1. The minimum absolute atomic E-state index is 0.927. The van der Waals surface area contributed by atoms with Crippen LogP contribution in [0, 0.1) is 13.8 Å². The lowest BCUT2D eigenvalue weighted by Crippen LogP contribution is -2.17. The van der Waals surface area contributed by atoms with Gasteiger partial charge in [0, 0.05) is 12.2 Å². The van der Waals surface area contributed by atoms with Gasteiger partial charge < -0.3 is 5.32 Å². The molecule has 1 aromatic heterocycles. The fraction of sp³-hybridized carbons (Fsp3) is 0.357. The zero-order chi connectivity index (χ0) is 12.1. The standard InChI is InChI=1S/C14H19N3/c1-11-14(12(2)17-16-11)8-9-15-10-13-6-4-3-5-7-13/h3-7,15H,8-10H2,1-2H3,(H,16,17). The van der Waals surface area contributed by atoms with Crippen molar-refractivity contribution in [1.29, 1.82) is 0 Å². The van der Waals surface area contributed by atoms with Crippen molar-refractivity contribution >= 4 is 0 Å². The molecule has 0 aliphatic rings. The second kappa shape index (κ2) is 5.64. The van der Waals surface area contributed by atoms with Crippen LogP contribution in [-0.2, 0) is 13.0 Å². The molecule has 1 aromatic carbocycles. The van der Waals surface area contributed by atoms with Gasteiger partial charge in [0.15, 0.2) is 0 Å². The van der Waals surface area contributed by atoms with Crippen LogP contribution >= 0.6 is 0 Å². The zero-order valence-electron chi connectivity index (χ0n) is 10.5. The molecule has 2 rings (SSSR count). The van der Waals surface area contributed by atoms with Crippen LogP contribution in [0.4, 0.5) is 0 Å². The second-order valence-electron chi connectivity index (χ2n) is 4.32. The molecule has 0 saturated heterocycles. The monoisotopic (exact) mass is 229 g/mol. The second-order valence-corrected chi connectivity index (χ2v) is 4.32. The molecule has 0 aliphatic heterocycles. The predicted octanol–water partition coefficient (Wildman–Crippen LogP) is 2.36.